The fourth-order valence-corrected chi connectivity index (χ4v) is 3.79. The lowest BCUT2D eigenvalue weighted by Gasteiger charge is -2.36. The zero-order valence-corrected chi connectivity index (χ0v) is 16.5. The Bertz CT molecular complexity index is 779. The second-order valence-corrected chi connectivity index (χ2v) is 7.45. The molecule has 3 rings (SSSR count). The van der Waals surface area contributed by atoms with E-state index in [0.717, 1.165) is 43.0 Å². The Morgan fingerprint density at radius 1 is 1.11 bits per heavy atom. The van der Waals surface area contributed by atoms with Crippen LogP contribution in [0.3, 0.4) is 0 Å². The number of rotatable bonds is 5. The molecule has 1 fully saturated rings. The maximum Gasteiger partial charge on any atom is 0.225 e. The van der Waals surface area contributed by atoms with Crippen LogP contribution in [0.2, 0.25) is 5.02 Å². The van der Waals surface area contributed by atoms with Gasteiger partial charge >= 0.3 is 0 Å². The van der Waals surface area contributed by atoms with Gasteiger partial charge in [-0.3, -0.25) is 9.69 Å². The summed E-state index contributed by atoms with van der Waals surface area (Å²) in [5.74, 6) is -0.239. The van der Waals surface area contributed by atoms with E-state index in [1.165, 1.54) is 12.1 Å². The molecule has 1 amide bonds. The smallest absolute Gasteiger partial charge is 0.225 e. The number of hydrogen-bond acceptors (Lipinski definition) is 3. The molecule has 27 heavy (non-hydrogen) atoms. The van der Waals surface area contributed by atoms with Gasteiger partial charge in [-0.25, -0.2) is 4.39 Å². The molecule has 0 unspecified atom stereocenters. The summed E-state index contributed by atoms with van der Waals surface area (Å²) in [5, 5.41) is 3.52. The first-order valence-corrected chi connectivity index (χ1v) is 9.59. The van der Waals surface area contributed by atoms with Gasteiger partial charge in [-0.05, 0) is 55.3 Å². The highest BCUT2D eigenvalue weighted by Gasteiger charge is 2.18. The van der Waals surface area contributed by atoms with Gasteiger partial charge < -0.3 is 10.2 Å². The molecular weight excluding hydrogens is 365 g/mol. The molecule has 1 N–H and O–H groups in total. The predicted molar refractivity (Wildman–Crippen MR) is 109 cm³/mol. The van der Waals surface area contributed by atoms with Crippen LogP contribution >= 0.6 is 11.6 Å². The van der Waals surface area contributed by atoms with Crippen LogP contribution in [0.5, 0.6) is 0 Å². The van der Waals surface area contributed by atoms with Crippen LogP contribution in [0.25, 0.3) is 0 Å². The van der Waals surface area contributed by atoms with Gasteiger partial charge in [-0.15, -0.1) is 0 Å². The predicted octanol–water partition coefficient (Wildman–Crippen LogP) is 4.25. The third kappa shape index (κ3) is 5.21. The molecule has 2 aromatic carbocycles. The lowest BCUT2D eigenvalue weighted by atomic mass is 10.1. The lowest BCUT2D eigenvalue weighted by molar-refractivity contribution is -0.116. The van der Waals surface area contributed by atoms with Crippen LogP contribution in [0, 0.1) is 19.7 Å². The van der Waals surface area contributed by atoms with Crippen LogP contribution in [-0.4, -0.2) is 43.5 Å². The highest BCUT2D eigenvalue weighted by Crippen LogP contribution is 2.27. The molecule has 0 saturated carbocycles. The van der Waals surface area contributed by atoms with Gasteiger partial charge in [-0.1, -0.05) is 17.7 Å². The summed E-state index contributed by atoms with van der Waals surface area (Å²) in [5.41, 5.74) is 3.79. The van der Waals surface area contributed by atoms with Crippen molar-refractivity contribution >= 4 is 28.9 Å². The molecule has 0 spiro atoms. The molecular formula is C21H25ClFN3O. The Labute approximate surface area is 164 Å². The molecule has 1 saturated heterocycles. The van der Waals surface area contributed by atoms with Gasteiger partial charge in [0.2, 0.25) is 5.91 Å². The zero-order chi connectivity index (χ0) is 19.4. The number of nitrogens with one attached hydrogen (secondary N) is 1. The summed E-state index contributed by atoms with van der Waals surface area (Å²) in [6.45, 7) is 8.15. The van der Waals surface area contributed by atoms with Crippen LogP contribution < -0.4 is 10.2 Å². The van der Waals surface area contributed by atoms with Gasteiger partial charge in [0.05, 0.1) is 10.7 Å². The zero-order valence-electron chi connectivity index (χ0n) is 15.8. The maximum absolute atomic E-state index is 13.0. The molecule has 1 aliphatic heterocycles. The summed E-state index contributed by atoms with van der Waals surface area (Å²) in [6, 6.07) is 10.5. The molecule has 144 valence electrons. The third-order valence-electron chi connectivity index (χ3n) is 4.92. The molecule has 1 heterocycles. The van der Waals surface area contributed by atoms with E-state index >= 15 is 0 Å². The largest absolute Gasteiger partial charge is 0.369 e. The minimum Gasteiger partial charge on any atom is -0.369 e. The monoisotopic (exact) mass is 389 g/mol. The SMILES string of the molecule is Cc1cc(C)c(NC(=O)CCN2CCN(c3ccc(F)cc3)CC2)c(Cl)c1. The second-order valence-electron chi connectivity index (χ2n) is 7.04. The Hall–Kier alpha value is -2.11. The van der Waals surface area contributed by atoms with E-state index in [2.05, 4.69) is 15.1 Å². The van der Waals surface area contributed by atoms with E-state index in [-0.39, 0.29) is 11.7 Å². The number of aryl methyl sites for hydroxylation is 2. The first-order chi connectivity index (χ1) is 12.9. The Morgan fingerprint density at radius 2 is 1.78 bits per heavy atom. The van der Waals surface area contributed by atoms with Crippen molar-refractivity contribution < 1.29 is 9.18 Å². The summed E-state index contributed by atoms with van der Waals surface area (Å²) < 4.78 is 13.0. The summed E-state index contributed by atoms with van der Waals surface area (Å²) >= 11 is 6.26. The van der Waals surface area contributed by atoms with Gasteiger partial charge in [0.15, 0.2) is 0 Å². The van der Waals surface area contributed by atoms with Crippen LogP contribution in [0.15, 0.2) is 36.4 Å². The van der Waals surface area contributed by atoms with Crippen molar-refractivity contribution in [2.24, 2.45) is 0 Å². The highest BCUT2D eigenvalue weighted by molar-refractivity contribution is 6.34. The topological polar surface area (TPSA) is 35.6 Å². The Morgan fingerprint density at radius 3 is 2.41 bits per heavy atom. The first kappa shape index (κ1) is 19.6. The number of hydrogen-bond donors (Lipinski definition) is 1. The normalized spacial score (nSPS) is 15.0. The molecule has 4 nitrogen and oxygen atoms in total. The second kappa shape index (κ2) is 8.72. The van der Waals surface area contributed by atoms with Gasteiger partial charge in [0.1, 0.15) is 5.82 Å². The molecule has 1 aliphatic rings. The van der Waals surface area contributed by atoms with Crippen molar-refractivity contribution in [2.75, 3.05) is 42.9 Å². The van der Waals surface area contributed by atoms with Gasteiger partial charge in [0, 0.05) is 44.8 Å². The molecule has 0 bridgehead atoms. The van der Waals surface area contributed by atoms with Crippen LogP contribution in [0.1, 0.15) is 17.5 Å². The minimum absolute atomic E-state index is 0.0233. The number of amides is 1. The van der Waals surface area contributed by atoms with Crippen molar-refractivity contribution in [1.82, 2.24) is 4.90 Å². The fourth-order valence-electron chi connectivity index (χ4n) is 3.42. The molecule has 0 radical (unpaired) electrons. The number of carbonyl (C=O) groups excluding carboxylic acids is 1. The Kier molecular flexibility index (Phi) is 6.34. The summed E-state index contributed by atoms with van der Waals surface area (Å²) in [4.78, 5) is 16.8. The minimum atomic E-state index is -0.215. The number of nitrogens with zero attached hydrogens (tertiary/aromatic N) is 2. The molecule has 0 aliphatic carbocycles. The van der Waals surface area contributed by atoms with E-state index in [9.17, 15) is 9.18 Å². The van der Waals surface area contributed by atoms with Crippen molar-refractivity contribution in [3.8, 4) is 0 Å². The average Bonchev–Trinajstić information content (AvgIpc) is 2.64. The number of benzene rings is 2. The van der Waals surface area contributed by atoms with Crippen molar-refractivity contribution in [2.45, 2.75) is 20.3 Å². The average molecular weight is 390 g/mol. The van der Waals surface area contributed by atoms with E-state index in [1.54, 1.807) is 0 Å². The highest BCUT2D eigenvalue weighted by atomic mass is 35.5. The molecule has 2 aromatic rings. The Balaban J connectivity index is 1.46. The fraction of sp³-hybridized carbons (Fsp3) is 0.381. The number of anilines is 2. The van der Waals surface area contributed by atoms with Gasteiger partial charge in [0.25, 0.3) is 0 Å². The standard InChI is InChI=1S/C21H25ClFN3O/c1-15-13-16(2)21(19(22)14-15)24-20(27)7-8-25-9-11-26(12-10-25)18-5-3-17(23)4-6-18/h3-6,13-14H,7-12H2,1-2H3,(H,24,27). The summed E-state index contributed by atoms with van der Waals surface area (Å²) in [6.07, 6.45) is 0.431. The van der Waals surface area contributed by atoms with Crippen molar-refractivity contribution in [3.05, 3.63) is 58.4 Å². The quantitative estimate of drug-likeness (QED) is 0.830. The van der Waals surface area contributed by atoms with E-state index in [4.69, 9.17) is 11.6 Å². The third-order valence-corrected chi connectivity index (χ3v) is 5.21. The number of halogens is 2. The van der Waals surface area contributed by atoms with E-state index in [1.807, 2.05) is 38.1 Å². The molecule has 0 atom stereocenters. The van der Waals surface area contributed by atoms with E-state index < -0.39 is 0 Å². The number of carbonyl (C=O) groups is 1. The summed E-state index contributed by atoms with van der Waals surface area (Å²) in [7, 11) is 0. The molecule has 6 heteroatoms. The van der Waals surface area contributed by atoms with Crippen molar-refractivity contribution in [3.63, 3.8) is 0 Å². The number of piperazine rings is 1. The lowest BCUT2D eigenvalue weighted by Crippen LogP contribution is -2.47. The van der Waals surface area contributed by atoms with E-state index in [0.29, 0.717) is 23.7 Å². The first-order valence-electron chi connectivity index (χ1n) is 9.22. The maximum atomic E-state index is 13.0. The molecule has 0 aromatic heterocycles. The van der Waals surface area contributed by atoms with Crippen LogP contribution in [-0.2, 0) is 4.79 Å². The van der Waals surface area contributed by atoms with Crippen LogP contribution in [0.4, 0.5) is 15.8 Å². The van der Waals surface area contributed by atoms with Gasteiger partial charge in [-0.2, -0.15) is 0 Å². The van der Waals surface area contributed by atoms with Crippen molar-refractivity contribution in [1.29, 1.82) is 0 Å².